The van der Waals surface area contributed by atoms with Gasteiger partial charge in [-0.15, -0.1) is 11.8 Å². The summed E-state index contributed by atoms with van der Waals surface area (Å²) < 4.78 is 46.3. The van der Waals surface area contributed by atoms with E-state index in [4.69, 9.17) is 16.3 Å². The molecule has 2 aromatic heterocycles. The summed E-state index contributed by atoms with van der Waals surface area (Å²) in [6.07, 6.45) is -5.27. The monoisotopic (exact) mass is 472 g/mol. The first-order valence-corrected chi connectivity index (χ1v) is 10.6. The first-order valence-electron chi connectivity index (χ1n) is 9.24. The zero-order chi connectivity index (χ0) is 22.8. The lowest BCUT2D eigenvalue weighted by atomic mass is 9.93. The van der Waals surface area contributed by atoms with Gasteiger partial charge in [-0.2, -0.15) is 18.3 Å². The van der Waals surface area contributed by atoms with Crippen molar-refractivity contribution in [1.29, 1.82) is 0 Å². The number of amides is 1. The molecule has 2 heterocycles. The van der Waals surface area contributed by atoms with Crippen molar-refractivity contribution < 1.29 is 22.7 Å². The molecule has 0 aliphatic heterocycles. The van der Waals surface area contributed by atoms with Crippen LogP contribution in [-0.2, 0) is 16.3 Å². The molecule has 166 valence electrons. The van der Waals surface area contributed by atoms with Gasteiger partial charge in [-0.25, -0.2) is 14.3 Å². The number of hydrogen-bond acceptors (Lipinski definition) is 5. The van der Waals surface area contributed by atoms with Crippen molar-refractivity contribution in [3.8, 4) is 0 Å². The molecule has 0 saturated heterocycles. The summed E-state index contributed by atoms with van der Waals surface area (Å²) in [5.41, 5.74) is -0.139. The van der Waals surface area contributed by atoms with Gasteiger partial charge in [0, 0.05) is 34.0 Å². The fourth-order valence-electron chi connectivity index (χ4n) is 2.56. The summed E-state index contributed by atoms with van der Waals surface area (Å²) in [6.45, 7) is 5.73. The van der Waals surface area contributed by atoms with Gasteiger partial charge < -0.3 is 4.74 Å². The highest BCUT2D eigenvalue weighted by Gasteiger charge is 2.34. The minimum atomic E-state index is -4.59. The van der Waals surface area contributed by atoms with E-state index in [2.05, 4.69) is 15.4 Å². The zero-order valence-electron chi connectivity index (χ0n) is 17.0. The molecule has 0 fully saturated rings. The molecule has 1 aromatic carbocycles. The van der Waals surface area contributed by atoms with Crippen molar-refractivity contribution in [2.24, 2.45) is 0 Å². The molecule has 6 nitrogen and oxygen atoms in total. The predicted octanol–water partition coefficient (Wildman–Crippen LogP) is 6.04. The van der Waals surface area contributed by atoms with Gasteiger partial charge in [-0.1, -0.05) is 38.4 Å². The third-order valence-corrected chi connectivity index (χ3v) is 5.28. The van der Waals surface area contributed by atoms with Gasteiger partial charge in [-0.05, 0) is 18.2 Å². The van der Waals surface area contributed by atoms with E-state index in [1.165, 1.54) is 4.52 Å². The SMILES string of the molecule is CC(C)(C)c1cc2nc(C(F)(F)F)cc(SCCOC(=O)Nc3cccc(Cl)c3)n2n1. The lowest BCUT2D eigenvalue weighted by molar-refractivity contribution is -0.141. The first kappa shape index (κ1) is 23.2. The second kappa shape index (κ2) is 8.96. The van der Waals surface area contributed by atoms with Gasteiger partial charge in [0.05, 0.1) is 5.69 Å². The average Bonchev–Trinajstić information content (AvgIpc) is 3.09. The van der Waals surface area contributed by atoms with Crippen molar-refractivity contribution >= 4 is 40.8 Å². The number of halogens is 4. The van der Waals surface area contributed by atoms with E-state index in [-0.39, 0.29) is 28.4 Å². The Morgan fingerprint density at radius 1 is 1.19 bits per heavy atom. The van der Waals surface area contributed by atoms with Gasteiger partial charge in [0.2, 0.25) is 0 Å². The van der Waals surface area contributed by atoms with Crippen LogP contribution in [0.25, 0.3) is 5.65 Å². The Balaban J connectivity index is 1.69. The average molecular weight is 473 g/mol. The molecule has 0 saturated carbocycles. The van der Waals surface area contributed by atoms with E-state index in [0.717, 1.165) is 17.8 Å². The number of nitrogens with zero attached hydrogens (tertiary/aromatic N) is 3. The molecular weight excluding hydrogens is 453 g/mol. The standard InChI is InChI=1S/C20H20ClF3N4O2S/c1-19(2,3)14-10-16-26-15(20(22,23)24)11-17(28(16)27-14)31-8-7-30-18(29)25-13-6-4-5-12(21)9-13/h4-6,9-11H,7-8H2,1-3H3,(H,25,29). The van der Waals surface area contributed by atoms with Crippen molar-refractivity contribution in [3.05, 3.63) is 52.8 Å². The summed E-state index contributed by atoms with van der Waals surface area (Å²) in [6, 6.07) is 9.06. The second-order valence-corrected chi connectivity index (χ2v) is 9.20. The van der Waals surface area contributed by atoms with Gasteiger partial charge in [-0.3, -0.25) is 5.32 Å². The number of alkyl halides is 3. The summed E-state index contributed by atoms with van der Waals surface area (Å²) in [5.74, 6) is 0.226. The molecular formula is C20H20ClF3N4O2S. The van der Waals surface area contributed by atoms with E-state index in [1.807, 2.05) is 20.8 Å². The number of rotatable bonds is 5. The largest absolute Gasteiger partial charge is 0.448 e. The molecule has 0 unspecified atom stereocenters. The van der Waals surface area contributed by atoms with E-state index in [9.17, 15) is 18.0 Å². The Morgan fingerprint density at radius 2 is 1.94 bits per heavy atom. The van der Waals surface area contributed by atoms with Crippen molar-refractivity contribution in [3.63, 3.8) is 0 Å². The number of hydrogen-bond donors (Lipinski definition) is 1. The number of benzene rings is 1. The molecule has 0 atom stereocenters. The van der Waals surface area contributed by atoms with Crippen LogP contribution in [-0.4, -0.2) is 33.1 Å². The zero-order valence-corrected chi connectivity index (χ0v) is 18.5. The number of anilines is 1. The van der Waals surface area contributed by atoms with Crippen molar-refractivity contribution in [1.82, 2.24) is 14.6 Å². The third-order valence-electron chi connectivity index (χ3n) is 4.09. The molecule has 0 radical (unpaired) electrons. The van der Waals surface area contributed by atoms with Gasteiger partial charge >= 0.3 is 12.3 Å². The molecule has 0 aliphatic rings. The van der Waals surface area contributed by atoms with Crippen LogP contribution in [0.15, 0.2) is 41.4 Å². The quantitative estimate of drug-likeness (QED) is 0.278. The van der Waals surface area contributed by atoms with E-state index in [0.29, 0.717) is 16.4 Å². The van der Waals surface area contributed by atoms with Crippen LogP contribution in [0.2, 0.25) is 5.02 Å². The van der Waals surface area contributed by atoms with Crippen LogP contribution in [0.5, 0.6) is 0 Å². The lowest BCUT2D eigenvalue weighted by Gasteiger charge is -2.13. The molecule has 1 N–H and O–H groups in total. The van der Waals surface area contributed by atoms with Gasteiger partial charge in [0.15, 0.2) is 5.65 Å². The van der Waals surface area contributed by atoms with Crippen molar-refractivity contribution in [2.75, 3.05) is 17.7 Å². The van der Waals surface area contributed by atoms with Crippen LogP contribution in [0.4, 0.5) is 23.7 Å². The first-order chi connectivity index (χ1) is 14.4. The van der Waals surface area contributed by atoms with Crippen LogP contribution < -0.4 is 5.32 Å². The maximum absolute atomic E-state index is 13.3. The van der Waals surface area contributed by atoms with Crippen LogP contribution in [0.1, 0.15) is 32.2 Å². The number of aromatic nitrogens is 3. The predicted molar refractivity (Wildman–Crippen MR) is 114 cm³/mol. The maximum atomic E-state index is 13.3. The third kappa shape index (κ3) is 6.04. The summed E-state index contributed by atoms with van der Waals surface area (Å²) in [5, 5.41) is 7.67. The minimum Gasteiger partial charge on any atom is -0.448 e. The highest BCUT2D eigenvalue weighted by atomic mass is 35.5. The van der Waals surface area contributed by atoms with E-state index >= 15 is 0 Å². The molecule has 1 amide bonds. The van der Waals surface area contributed by atoms with E-state index < -0.39 is 18.0 Å². The topological polar surface area (TPSA) is 68.5 Å². The number of ether oxygens (including phenoxy) is 1. The van der Waals surface area contributed by atoms with Crippen LogP contribution in [0.3, 0.4) is 0 Å². The second-order valence-electron chi connectivity index (χ2n) is 7.65. The summed E-state index contributed by atoms with van der Waals surface area (Å²) >= 11 is 6.95. The number of carbonyl (C=O) groups is 1. The minimum absolute atomic E-state index is 0.0182. The number of fused-ring (bicyclic) bond motifs is 1. The molecule has 31 heavy (non-hydrogen) atoms. The number of carbonyl (C=O) groups excluding carboxylic acids is 1. The Labute approximate surface area is 186 Å². The number of nitrogens with one attached hydrogen (secondary N) is 1. The number of thioether (sulfide) groups is 1. The smallest absolute Gasteiger partial charge is 0.433 e. The van der Waals surface area contributed by atoms with Crippen LogP contribution >= 0.6 is 23.4 Å². The highest BCUT2D eigenvalue weighted by Crippen LogP contribution is 2.32. The Bertz CT molecular complexity index is 1100. The molecule has 0 bridgehead atoms. The Kier molecular flexibility index (Phi) is 6.70. The molecule has 11 heteroatoms. The van der Waals surface area contributed by atoms with Gasteiger partial charge in [0.1, 0.15) is 17.3 Å². The maximum Gasteiger partial charge on any atom is 0.433 e. The van der Waals surface area contributed by atoms with Crippen molar-refractivity contribution in [2.45, 2.75) is 37.4 Å². The Morgan fingerprint density at radius 3 is 2.58 bits per heavy atom. The normalized spacial score (nSPS) is 12.2. The fraction of sp³-hybridized carbons (Fsp3) is 0.350. The van der Waals surface area contributed by atoms with Crippen LogP contribution in [0, 0.1) is 0 Å². The highest BCUT2D eigenvalue weighted by molar-refractivity contribution is 7.99. The molecule has 3 aromatic rings. The van der Waals surface area contributed by atoms with Gasteiger partial charge in [0.25, 0.3) is 0 Å². The lowest BCUT2D eigenvalue weighted by Crippen LogP contribution is -2.15. The fourth-order valence-corrected chi connectivity index (χ4v) is 3.58. The molecule has 3 rings (SSSR count). The summed E-state index contributed by atoms with van der Waals surface area (Å²) in [7, 11) is 0. The molecule has 0 aliphatic carbocycles. The molecule has 0 spiro atoms. The Hall–Kier alpha value is -2.46. The summed E-state index contributed by atoms with van der Waals surface area (Å²) in [4.78, 5) is 15.6. The van der Waals surface area contributed by atoms with E-state index in [1.54, 1.807) is 30.3 Å².